The zero-order valence-corrected chi connectivity index (χ0v) is 13.4. The number of amides is 2. The molecule has 0 saturated carbocycles. The summed E-state index contributed by atoms with van der Waals surface area (Å²) in [5, 5.41) is 11.8. The first-order valence-corrected chi connectivity index (χ1v) is 7.36. The quantitative estimate of drug-likeness (QED) is 0.803. The zero-order valence-electron chi connectivity index (χ0n) is 13.4. The van der Waals surface area contributed by atoms with E-state index in [4.69, 9.17) is 9.52 Å². The Morgan fingerprint density at radius 1 is 1.48 bits per heavy atom. The van der Waals surface area contributed by atoms with Gasteiger partial charge >= 0.3 is 6.03 Å². The molecular formula is C17H21N3O3. The summed E-state index contributed by atoms with van der Waals surface area (Å²) >= 11 is 0. The van der Waals surface area contributed by atoms with Crippen molar-refractivity contribution in [3.8, 4) is 11.5 Å². The van der Waals surface area contributed by atoms with E-state index in [0.29, 0.717) is 18.1 Å². The molecule has 0 unspecified atom stereocenters. The molecule has 23 heavy (non-hydrogen) atoms. The molecule has 0 radical (unpaired) electrons. The topological polar surface area (TPSA) is 78.6 Å². The highest BCUT2D eigenvalue weighted by Gasteiger charge is 2.14. The number of aromatic nitrogens is 1. The minimum Gasteiger partial charge on any atom is -0.444 e. The number of nitrogens with one attached hydrogen (secondary N) is 1. The molecule has 2 N–H and O–H groups in total. The van der Waals surface area contributed by atoms with Crippen molar-refractivity contribution in [1.82, 2.24) is 9.88 Å². The Balaban J connectivity index is 2.20. The summed E-state index contributed by atoms with van der Waals surface area (Å²) in [4.78, 5) is 18.0. The number of rotatable bonds is 6. The fraction of sp³-hybridized carbons (Fsp3) is 0.294. The third-order valence-electron chi connectivity index (χ3n) is 3.34. The molecule has 0 aliphatic carbocycles. The van der Waals surface area contributed by atoms with Crippen LogP contribution in [0.15, 0.2) is 41.5 Å². The highest BCUT2D eigenvalue weighted by molar-refractivity contribution is 5.90. The molecule has 1 aromatic heterocycles. The summed E-state index contributed by atoms with van der Waals surface area (Å²) in [7, 11) is 0. The van der Waals surface area contributed by atoms with Gasteiger partial charge in [0.2, 0.25) is 5.89 Å². The molecule has 2 rings (SSSR count). The molecule has 2 amide bonds. The smallest absolute Gasteiger partial charge is 0.322 e. The number of oxazole rings is 1. The molecule has 0 aliphatic heterocycles. The molecule has 0 bridgehead atoms. The third-order valence-corrected chi connectivity index (χ3v) is 3.34. The van der Waals surface area contributed by atoms with Gasteiger partial charge in [0.1, 0.15) is 6.26 Å². The van der Waals surface area contributed by atoms with Crippen LogP contribution in [0.4, 0.5) is 10.5 Å². The Kier molecular flexibility index (Phi) is 5.54. The van der Waals surface area contributed by atoms with Gasteiger partial charge in [-0.25, -0.2) is 9.78 Å². The number of aryl methyl sites for hydroxylation is 2. The summed E-state index contributed by atoms with van der Waals surface area (Å²) in [6.07, 6.45) is 3.21. The number of benzene rings is 1. The van der Waals surface area contributed by atoms with Crippen LogP contribution < -0.4 is 5.32 Å². The van der Waals surface area contributed by atoms with E-state index in [1.165, 1.54) is 4.90 Å². The van der Waals surface area contributed by atoms with Crippen molar-refractivity contribution in [2.45, 2.75) is 13.8 Å². The maximum atomic E-state index is 12.2. The Morgan fingerprint density at radius 3 is 2.87 bits per heavy atom. The van der Waals surface area contributed by atoms with E-state index in [1.807, 2.05) is 32.0 Å². The van der Waals surface area contributed by atoms with E-state index in [1.54, 1.807) is 12.3 Å². The number of aliphatic hydroxyl groups excluding tert-OH is 1. The first-order chi connectivity index (χ1) is 11.0. The van der Waals surface area contributed by atoms with Crippen LogP contribution in [0.5, 0.6) is 0 Å². The lowest BCUT2D eigenvalue weighted by molar-refractivity contribution is 0.195. The van der Waals surface area contributed by atoms with Crippen molar-refractivity contribution in [2.75, 3.05) is 25.0 Å². The largest absolute Gasteiger partial charge is 0.444 e. The van der Waals surface area contributed by atoms with Crippen LogP contribution in [0.1, 0.15) is 11.3 Å². The number of carbonyl (C=O) groups is 1. The maximum Gasteiger partial charge on any atom is 0.322 e. The van der Waals surface area contributed by atoms with Gasteiger partial charge in [0.15, 0.2) is 0 Å². The number of hydrogen-bond acceptors (Lipinski definition) is 4. The van der Waals surface area contributed by atoms with E-state index in [-0.39, 0.29) is 19.2 Å². The number of nitrogens with zero attached hydrogens (tertiary/aromatic N) is 2. The highest BCUT2D eigenvalue weighted by Crippen LogP contribution is 2.26. The molecule has 122 valence electrons. The molecular weight excluding hydrogens is 294 g/mol. The van der Waals surface area contributed by atoms with Gasteiger partial charge < -0.3 is 19.7 Å². The van der Waals surface area contributed by atoms with Gasteiger partial charge in [-0.3, -0.25) is 0 Å². The van der Waals surface area contributed by atoms with Crippen molar-refractivity contribution >= 4 is 11.7 Å². The summed E-state index contributed by atoms with van der Waals surface area (Å²) < 4.78 is 5.44. The zero-order chi connectivity index (χ0) is 16.8. The molecule has 1 aromatic carbocycles. The summed E-state index contributed by atoms with van der Waals surface area (Å²) in [6, 6.07) is 5.24. The van der Waals surface area contributed by atoms with Crippen molar-refractivity contribution in [3.05, 3.63) is 48.4 Å². The third kappa shape index (κ3) is 4.20. The molecule has 0 aliphatic rings. The lowest BCUT2D eigenvalue weighted by Gasteiger charge is -2.20. The van der Waals surface area contributed by atoms with Gasteiger partial charge in [-0.2, -0.15) is 0 Å². The number of anilines is 1. The van der Waals surface area contributed by atoms with Crippen molar-refractivity contribution in [1.29, 1.82) is 0 Å². The first kappa shape index (κ1) is 16.8. The minimum atomic E-state index is -0.294. The lowest BCUT2D eigenvalue weighted by Crippen LogP contribution is -2.37. The second-order valence-electron chi connectivity index (χ2n) is 5.21. The average molecular weight is 315 g/mol. The molecule has 6 heteroatoms. The molecule has 6 nitrogen and oxygen atoms in total. The molecule has 2 aromatic rings. The van der Waals surface area contributed by atoms with Crippen LogP contribution in [-0.4, -0.2) is 40.7 Å². The van der Waals surface area contributed by atoms with Crippen LogP contribution in [0, 0.1) is 13.8 Å². The predicted octanol–water partition coefficient (Wildman–Crippen LogP) is 2.97. The SMILES string of the molecule is C=CCN(CCO)C(=O)Nc1ccc(C)c(-c2nc(C)co2)c1. The number of carbonyl (C=O) groups excluding carboxylic acids is 1. The van der Waals surface area contributed by atoms with E-state index in [9.17, 15) is 4.79 Å². The van der Waals surface area contributed by atoms with E-state index < -0.39 is 0 Å². The van der Waals surface area contributed by atoms with Gasteiger partial charge in [-0.05, 0) is 31.5 Å². The van der Waals surface area contributed by atoms with Crippen LogP contribution in [0.3, 0.4) is 0 Å². The maximum absolute atomic E-state index is 12.2. The number of aliphatic hydroxyl groups is 1. The van der Waals surface area contributed by atoms with E-state index >= 15 is 0 Å². The van der Waals surface area contributed by atoms with Crippen molar-refractivity contribution < 1.29 is 14.3 Å². The summed E-state index contributed by atoms with van der Waals surface area (Å²) in [6.45, 7) is 7.94. The fourth-order valence-electron chi connectivity index (χ4n) is 2.16. The van der Waals surface area contributed by atoms with Gasteiger partial charge in [0.05, 0.1) is 12.3 Å². The fourth-order valence-corrected chi connectivity index (χ4v) is 2.16. The summed E-state index contributed by atoms with van der Waals surface area (Å²) in [5.41, 5.74) is 3.27. The van der Waals surface area contributed by atoms with Gasteiger partial charge in [-0.1, -0.05) is 12.1 Å². The Hall–Kier alpha value is -2.60. The molecule has 0 fully saturated rings. The Morgan fingerprint density at radius 2 is 2.26 bits per heavy atom. The lowest BCUT2D eigenvalue weighted by atomic mass is 10.1. The van der Waals surface area contributed by atoms with Crippen molar-refractivity contribution in [2.24, 2.45) is 0 Å². The predicted molar refractivity (Wildman–Crippen MR) is 89.3 cm³/mol. The van der Waals surface area contributed by atoms with Crippen LogP contribution in [0.2, 0.25) is 0 Å². The molecule has 0 spiro atoms. The molecule has 0 atom stereocenters. The Labute approximate surface area is 135 Å². The highest BCUT2D eigenvalue weighted by atomic mass is 16.3. The van der Waals surface area contributed by atoms with E-state index in [2.05, 4.69) is 16.9 Å². The van der Waals surface area contributed by atoms with Gasteiger partial charge in [0.25, 0.3) is 0 Å². The first-order valence-electron chi connectivity index (χ1n) is 7.36. The van der Waals surface area contributed by atoms with Crippen molar-refractivity contribution in [3.63, 3.8) is 0 Å². The average Bonchev–Trinajstić information content (AvgIpc) is 2.95. The van der Waals surface area contributed by atoms with Crippen LogP contribution in [-0.2, 0) is 0 Å². The van der Waals surface area contributed by atoms with Gasteiger partial charge in [0, 0.05) is 24.3 Å². The second kappa shape index (κ2) is 7.60. The number of hydrogen-bond donors (Lipinski definition) is 2. The van der Waals surface area contributed by atoms with E-state index in [0.717, 1.165) is 16.8 Å². The normalized spacial score (nSPS) is 10.4. The minimum absolute atomic E-state index is 0.101. The Bertz CT molecular complexity index is 694. The second-order valence-corrected chi connectivity index (χ2v) is 5.21. The molecule has 1 heterocycles. The summed E-state index contributed by atoms with van der Waals surface area (Å²) in [5.74, 6) is 0.523. The molecule has 0 saturated heterocycles. The monoisotopic (exact) mass is 315 g/mol. The number of urea groups is 1. The van der Waals surface area contributed by atoms with Crippen LogP contribution in [0.25, 0.3) is 11.5 Å². The van der Waals surface area contributed by atoms with Crippen LogP contribution >= 0.6 is 0 Å². The van der Waals surface area contributed by atoms with Gasteiger partial charge in [-0.15, -0.1) is 6.58 Å². The standard InChI is InChI=1S/C17H21N3O3/c1-4-7-20(8-9-21)17(22)19-14-6-5-12(2)15(10-14)16-18-13(3)11-23-16/h4-6,10-11,21H,1,7-9H2,2-3H3,(H,19,22).